The molecule has 0 aliphatic rings. The molecular weight excluding hydrogens is 300 g/mol. The molecule has 0 saturated heterocycles. The Hall–Kier alpha value is -1.25. The van der Waals surface area contributed by atoms with Crippen LogP contribution in [-0.4, -0.2) is 5.78 Å². The normalized spacial score (nSPS) is 11.5. The van der Waals surface area contributed by atoms with Crippen molar-refractivity contribution in [3.63, 3.8) is 0 Å². The van der Waals surface area contributed by atoms with Gasteiger partial charge in [0, 0.05) is 15.4 Å². The summed E-state index contributed by atoms with van der Waals surface area (Å²) in [6.07, 6.45) is 0. The van der Waals surface area contributed by atoms with Crippen LogP contribution in [0.5, 0.6) is 0 Å². The second-order valence-electron chi connectivity index (χ2n) is 6.07. The summed E-state index contributed by atoms with van der Waals surface area (Å²) < 4.78 is 0. The van der Waals surface area contributed by atoms with Crippen LogP contribution in [0.25, 0.3) is 0 Å². The number of benzene rings is 2. The third-order valence-corrected chi connectivity index (χ3v) is 4.59. The molecule has 1 nitrogen and oxygen atoms in total. The van der Waals surface area contributed by atoms with Crippen molar-refractivity contribution in [1.82, 2.24) is 0 Å². The Kier molecular flexibility index (Phi) is 4.80. The van der Waals surface area contributed by atoms with E-state index in [1.807, 2.05) is 12.1 Å². The first kappa shape index (κ1) is 16.1. The third-order valence-electron chi connectivity index (χ3n) is 3.28. The average molecular weight is 319 g/mol. The van der Waals surface area contributed by atoms with E-state index in [0.29, 0.717) is 10.6 Å². The predicted octanol–water partition coefficient (Wildman–Crippen LogP) is 5.99. The summed E-state index contributed by atoms with van der Waals surface area (Å²) in [5.74, 6) is -0.00826. The standard InChI is InChI=1S/C18H19ClOS/c1-12(20)16-10-9-15(11-17(16)19)21-14-7-5-13(6-8-14)18(2,3)4/h5-11H,1-4H3. The number of hydrogen-bond acceptors (Lipinski definition) is 2. The van der Waals surface area contributed by atoms with Gasteiger partial charge in [0.25, 0.3) is 0 Å². The summed E-state index contributed by atoms with van der Waals surface area (Å²) in [4.78, 5) is 13.6. The quantitative estimate of drug-likeness (QED) is 0.646. The Bertz CT molecular complexity index is 654. The zero-order valence-electron chi connectivity index (χ0n) is 12.7. The number of carbonyl (C=O) groups is 1. The summed E-state index contributed by atoms with van der Waals surface area (Å²) in [7, 11) is 0. The van der Waals surface area contributed by atoms with Gasteiger partial charge in [0.05, 0.1) is 5.02 Å². The van der Waals surface area contributed by atoms with Crippen molar-refractivity contribution in [2.24, 2.45) is 0 Å². The van der Waals surface area contributed by atoms with E-state index in [-0.39, 0.29) is 11.2 Å². The maximum atomic E-state index is 11.4. The lowest BCUT2D eigenvalue weighted by Crippen LogP contribution is -2.10. The van der Waals surface area contributed by atoms with Crippen LogP contribution >= 0.6 is 23.4 Å². The molecule has 21 heavy (non-hydrogen) atoms. The van der Waals surface area contributed by atoms with E-state index < -0.39 is 0 Å². The lowest BCUT2D eigenvalue weighted by molar-refractivity contribution is 0.101. The first-order valence-electron chi connectivity index (χ1n) is 6.86. The number of ketones is 1. The van der Waals surface area contributed by atoms with Gasteiger partial charge in [0.1, 0.15) is 0 Å². The summed E-state index contributed by atoms with van der Waals surface area (Å²) in [5, 5.41) is 0.513. The van der Waals surface area contributed by atoms with Crippen LogP contribution in [0.3, 0.4) is 0 Å². The molecule has 0 spiro atoms. The van der Waals surface area contributed by atoms with Gasteiger partial charge in [0.2, 0.25) is 0 Å². The fraction of sp³-hybridized carbons (Fsp3) is 0.278. The number of hydrogen-bond donors (Lipinski definition) is 0. The Labute approximate surface area is 135 Å². The van der Waals surface area contributed by atoms with Crippen molar-refractivity contribution in [2.75, 3.05) is 0 Å². The molecule has 0 fully saturated rings. The first-order valence-corrected chi connectivity index (χ1v) is 8.06. The van der Waals surface area contributed by atoms with Crippen molar-refractivity contribution in [3.8, 4) is 0 Å². The van der Waals surface area contributed by atoms with Crippen LogP contribution in [0.4, 0.5) is 0 Å². The maximum absolute atomic E-state index is 11.4. The molecule has 2 aromatic rings. The van der Waals surface area contributed by atoms with Crippen LogP contribution in [-0.2, 0) is 5.41 Å². The van der Waals surface area contributed by atoms with Crippen molar-refractivity contribution < 1.29 is 4.79 Å². The second kappa shape index (κ2) is 6.25. The summed E-state index contributed by atoms with van der Waals surface area (Å²) in [5.41, 5.74) is 2.05. The minimum absolute atomic E-state index is 0.00826. The van der Waals surface area contributed by atoms with E-state index in [1.54, 1.807) is 17.8 Å². The fourth-order valence-corrected chi connectivity index (χ4v) is 3.24. The van der Waals surface area contributed by atoms with Crippen LogP contribution in [0, 0.1) is 0 Å². The second-order valence-corrected chi connectivity index (χ2v) is 7.63. The summed E-state index contributed by atoms with van der Waals surface area (Å²) in [6.45, 7) is 8.14. The molecule has 0 aromatic heterocycles. The minimum atomic E-state index is -0.00826. The topological polar surface area (TPSA) is 17.1 Å². The zero-order valence-corrected chi connectivity index (χ0v) is 14.3. The molecular formula is C18H19ClOS. The monoisotopic (exact) mass is 318 g/mol. The zero-order chi connectivity index (χ0) is 15.6. The lowest BCUT2D eigenvalue weighted by Gasteiger charge is -2.19. The number of halogens is 1. The van der Waals surface area contributed by atoms with E-state index in [4.69, 9.17) is 11.6 Å². The van der Waals surface area contributed by atoms with E-state index in [1.165, 1.54) is 12.5 Å². The molecule has 0 N–H and O–H groups in total. The molecule has 0 atom stereocenters. The van der Waals surface area contributed by atoms with Gasteiger partial charge >= 0.3 is 0 Å². The van der Waals surface area contributed by atoms with Gasteiger partial charge in [-0.3, -0.25) is 4.79 Å². The Morgan fingerprint density at radius 3 is 2.05 bits per heavy atom. The number of Topliss-reactive ketones (excluding diaryl/α,β-unsaturated/α-hetero) is 1. The highest BCUT2D eigenvalue weighted by Gasteiger charge is 2.13. The molecule has 0 bridgehead atoms. The number of rotatable bonds is 3. The molecule has 0 radical (unpaired) electrons. The van der Waals surface area contributed by atoms with Crippen molar-refractivity contribution in [1.29, 1.82) is 0 Å². The summed E-state index contributed by atoms with van der Waals surface area (Å²) >= 11 is 7.79. The molecule has 3 heteroatoms. The number of carbonyl (C=O) groups excluding carboxylic acids is 1. The molecule has 0 aliphatic heterocycles. The smallest absolute Gasteiger partial charge is 0.161 e. The van der Waals surface area contributed by atoms with Crippen molar-refractivity contribution in [3.05, 3.63) is 58.6 Å². The highest BCUT2D eigenvalue weighted by molar-refractivity contribution is 7.99. The van der Waals surface area contributed by atoms with Crippen molar-refractivity contribution in [2.45, 2.75) is 42.9 Å². The maximum Gasteiger partial charge on any atom is 0.161 e. The molecule has 0 aliphatic carbocycles. The highest BCUT2D eigenvalue weighted by atomic mass is 35.5. The molecule has 0 unspecified atom stereocenters. The fourth-order valence-electron chi connectivity index (χ4n) is 2.00. The molecule has 2 rings (SSSR count). The average Bonchev–Trinajstić information content (AvgIpc) is 2.38. The van der Waals surface area contributed by atoms with Gasteiger partial charge in [-0.25, -0.2) is 0 Å². The predicted molar refractivity (Wildman–Crippen MR) is 90.7 cm³/mol. The summed E-state index contributed by atoms with van der Waals surface area (Å²) in [6, 6.07) is 14.1. The molecule has 0 heterocycles. The van der Waals surface area contributed by atoms with Gasteiger partial charge in [0.15, 0.2) is 5.78 Å². The van der Waals surface area contributed by atoms with Gasteiger partial charge in [-0.15, -0.1) is 0 Å². The van der Waals surface area contributed by atoms with Crippen LogP contribution in [0.15, 0.2) is 52.3 Å². The van der Waals surface area contributed by atoms with Gasteiger partial charge in [-0.1, -0.05) is 56.3 Å². The van der Waals surface area contributed by atoms with E-state index in [0.717, 1.165) is 9.79 Å². The van der Waals surface area contributed by atoms with Gasteiger partial charge in [-0.05, 0) is 48.2 Å². The minimum Gasteiger partial charge on any atom is -0.294 e. The molecule has 2 aromatic carbocycles. The lowest BCUT2D eigenvalue weighted by atomic mass is 9.87. The van der Waals surface area contributed by atoms with Crippen LogP contribution in [0.1, 0.15) is 43.6 Å². The first-order chi connectivity index (χ1) is 9.77. The van der Waals surface area contributed by atoms with E-state index in [9.17, 15) is 4.79 Å². The van der Waals surface area contributed by atoms with E-state index in [2.05, 4.69) is 45.0 Å². The van der Waals surface area contributed by atoms with Crippen molar-refractivity contribution >= 4 is 29.1 Å². The Morgan fingerprint density at radius 1 is 1.00 bits per heavy atom. The largest absolute Gasteiger partial charge is 0.294 e. The third kappa shape index (κ3) is 4.12. The van der Waals surface area contributed by atoms with Crippen LogP contribution in [0.2, 0.25) is 5.02 Å². The van der Waals surface area contributed by atoms with Gasteiger partial charge < -0.3 is 0 Å². The Balaban J connectivity index is 2.19. The molecule has 110 valence electrons. The Morgan fingerprint density at radius 2 is 1.57 bits per heavy atom. The SMILES string of the molecule is CC(=O)c1ccc(Sc2ccc(C(C)(C)C)cc2)cc1Cl. The van der Waals surface area contributed by atoms with E-state index >= 15 is 0 Å². The van der Waals surface area contributed by atoms with Crippen LogP contribution < -0.4 is 0 Å². The molecule has 0 amide bonds. The highest BCUT2D eigenvalue weighted by Crippen LogP contribution is 2.32. The molecule has 0 saturated carbocycles. The van der Waals surface area contributed by atoms with Gasteiger partial charge in [-0.2, -0.15) is 0 Å².